The van der Waals surface area contributed by atoms with E-state index in [0.717, 1.165) is 17.1 Å². The summed E-state index contributed by atoms with van der Waals surface area (Å²) in [6.07, 6.45) is 0. The number of ether oxygens (including phenoxy) is 1. The zero-order chi connectivity index (χ0) is 11.7. The number of carbonyl (C=O) groups is 1. The van der Waals surface area contributed by atoms with E-state index < -0.39 is 0 Å². The number of anilines is 2. The van der Waals surface area contributed by atoms with E-state index in [9.17, 15) is 4.79 Å². The first-order valence-electron chi connectivity index (χ1n) is 5.33. The molecule has 1 atom stereocenters. The van der Waals surface area contributed by atoms with Crippen LogP contribution < -0.4 is 15.0 Å². The first-order chi connectivity index (χ1) is 7.65. The second-order valence-corrected chi connectivity index (χ2v) is 4.04. The Balaban J connectivity index is 2.53. The van der Waals surface area contributed by atoms with Gasteiger partial charge in [0.2, 0.25) is 5.91 Å². The number of para-hydroxylation sites is 1. The van der Waals surface area contributed by atoms with Crippen LogP contribution in [-0.2, 0) is 4.79 Å². The smallest absolute Gasteiger partial charge is 0.231 e. The predicted molar refractivity (Wildman–Crippen MR) is 64.1 cm³/mol. The van der Waals surface area contributed by atoms with E-state index in [0.29, 0.717) is 6.54 Å². The number of nitrogens with one attached hydrogen (secondary N) is 1. The summed E-state index contributed by atoms with van der Waals surface area (Å²) in [4.78, 5) is 13.7. The molecule has 1 aromatic rings. The van der Waals surface area contributed by atoms with Gasteiger partial charge in [0.15, 0.2) is 0 Å². The molecule has 2 rings (SSSR count). The van der Waals surface area contributed by atoms with E-state index in [4.69, 9.17) is 4.74 Å². The van der Waals surface area contributed by atoms with Crippen LogP contribution in [0.25, 0.3) is 0 Å². The fraction of sp³-hybridized carbons (Fsp3) is 0.417. The predicted octanol–water partition coefficient (Wildman–Crippen LogP) is 1.72. The van der Waals surface area contributed by atoms with Gasteiger partial charge in [-0.05, 0) is 12.1 Å². The highest BCUT2D eigenvalue weighted by Gasteiger charge is 2.26. The number of hydrogen-bond acceptors (Lipinski definition) is 3. The van der Waals surface area contributed by atoms with Crippen molar-refractivity contribution in [2.45, 2.75) is 6.92 Å². The molecule has 16 heavy (non-hydrogen) atoms. The van der Waals surface area contributed by atoms with Crippen LogP contribution in [0.15, 0.2) is 18.2 Å². The number of carbonyl (C=O) groups excluding carboxylic acids is 1. The lowest BCUT2D eigenvalue weighted by Crippen LogP contribution is -2.32. The summed E-state index contributed by atoms with van der Waals surface area (Å²) < 4.78 is 5.29. The summed E-state index contributed by atoms with van der Waals surface area (Å²) in [6, 6.07) is 5.74. The molecule has 0 fully saturated rings. The number of amides is 1. The molecule has 4 nitrogen and oxygen atoms in total. The van der Waals surface area contributed by atoms with Gasteiger partial charge in [0.05, 0.1) is 18.7 Å². The zero-order valence-electron chi connectivity index (χ0n) is 9.78. The third-order valence-electron chi connectivity index (χ3n) is 2.91. The van der Waals surface area contributed by atoms with E-state index in [-0.39, 0.29) is 11.8 Å². The summed E-state index contributed by atoms with van der Waals surface area (Å²) in [5, 5.41) is 3.27. The van der Waals surface area contributed by atoms with Crippen molar-refractivity contribution in [2.75, 3.05) is 30.9 Å². The molecule has 0 aromatic heterocycles. The lowest BCUT2D eigenvalue weighted by atomic mass is 10.1. The van der Waals surface area contributed by atoms with Crippen LogP contribution in [-0.4, -0.2) is 26.6 Å². The van der Waals surface area contributed by atoms with Crippen molar-refractivity contribution in [3.05, 3.63) is 18.2 Å². The molecule has 1 aliphatic rings. The standard InChI is InChI=1S/C12H16N2O2/c1-8-7-13-9-5-4-6-10(16-3)11(9)14(2)12(8)15/h4-6,8,13H,7H2,1-3H3. The average molecular weight is 220 g/mol. The fourth-order valence-electron chi connectivity index (χ4n) is 1.97. The van der Waals surface area contributed by atoms with Gasteiger partial charge in [-0.1, -0.05) is 13.0 Å². The van der Waals surface area contributed by atoms with Crippen molar-refractivity contribution in [2.24, 2.45) is 5.92 Å². The zero-order valence-corrected chi connectivity index (χ0v) is 9.78. The van der Waals surface area contributed by atoms with Crippen molar-refractivity contribution in [1.29, 1.82) is 0 Å². The first kappa shape index (κ1) is 10.8. The molecule has 1 aromatic carbocycles. The third-order valence-corrected chi connectivity index (χ3v) is 2.91. The van der Waals surface area contributed by atoms with E-state index >= 15 is 0 Å². The summed E-state index contributed by atoms with van der Waals surface area (Å²) in [5.41, 5.74) is 1.76. The lowest BCUT2D eigenvalue weighted by Gasteiger charge is -2.20. The average Bonchev–Trinajstić information content (AvgIpc) is 2.42. The van der Waals surface area contributed by atoms with Crippen LogP contribution in [0, 0.1) is 5.92 Å². The van der Waals surface area contributed by atoms with Crippen LogP contribution >= 0.6 is 0 Å². The van der Waals surface area contributed by atoms with Crippen LogP contribution in [0.4, 0.5) is 11.4 Å². The molecule has 4 heteroatoms. The first-order valence-corrected chi connectivity index (χ1v) is 5.33. The summed E-state index contributed by atoms with van der Waals surface area (Å²) in [7, 11) is 3.40. The Bertz CT molecular complexity index is 417. The van der Waals surface area contributed by atoms with Crippen LogP contribution in [0.5, 0.6) is 5.75 Å². The van der Waals surface area contributed by atoms with Crippen LogP contribution in [0.3, 0.4) is 0 Å². The van der Waals surface area contributed by atoms with Gasteiger partial charge < -0.3 is 15.0 Å². The van der Waals surface area contributed by atoms with Crippen molar-refractivity contribution in [1.82, 2.24) is 0 Å². The quantitative estimate of drug-likeness (QED) is 0.783. The van der Waals surface area contributed by atoms with Gasteiger partial charge in [0.25, 0.3) is 0 Å². The molecule has 0 saturated heterocycles. The van der Waals surface area contributed by atoms with Crippen molar-refractivity contribution in [3.8, 4) is 5.75 Å². The Morgan fingerprint density at radius 2 is 2.25 bits per heavy atom. The van der Waals surface area contributed by atoms with Crippen molar-refractivity contribution in [3.63, 3.8) is 0 Å². The maximum atomic E-state index is 12.0. The van der Waals surface area contributed by atoms with Gasteiger partial charge in [0.1, 0.15) is 11.4 Å². The van der Waals surface area contributed by atoms with Crippen molar-refractivity contribution < 1.29 is 9.53 Å². The molecule has 1 heterocycles. The molecule has 0 radical (unpaired) electrons. The maximum absolute atomic E-state index is 12.0. The van der Waals surface area contributed by atoms with E-state index in [1.807, 2.05) is 25.1 Å². The Hall–Kier alpha value is -1.71. The minimum atomic E-state index is -0.0258. The fourth-order valence-corrected chi connectivity index (χ4v) is 1.97. The van der Waals surface area contributed by atoms with E-state index in [1.54, 1.807) is 19.1 Å². The summed E-state index contributed by atoms with van der Waals surface area (Å²) >= 11 is 0. The van der Waals surface area contributed by atoms with Gasteiger partial charge in [-0.25, -0.2) is 0 Å². The monoisotopic (exact) mass is 220 g/mol. The molecule has 0 spiro atoms. The highest BCUT2D eigenvalue weighted by molar-refractivity contribution is 6.01. The van der Waals surface area contributed by atoms with Crippen molar-refractivity contribution >= 4 is 17.3 Å². The molecular weight excluding hydrogens is 204 g/mol. The summed E-state index contributed by atoms with van der Waals surface area (Å²) in [5.74, 6) is 0.799. The molecule has 1 unspecified atom stereocenters. The van der Waals surface area contributed by atoms with Gasteiger partial charge in [-0.3, -0.25) is 4.79 Å². The Kier molecular flexibility index (Phi) is 2.73. The Morgan fingerprint density at radius 3 is 2.94 bits per heavy atom. The van der Waals surface area contributed by atoms with Gasteiger partial charge >= 0.3 is 0 Å². The molecule has 86 valence electrons. The second kappa shape index (κ2) is 4.04. The normalized spacial score (nSPS) is 19.8. The number of fused-ring (bicyclic) bond motifs is 1. The number of methoxy groups -OCH3 is 1. The largest absolute Gasteiger partial charge is 0.494 e. The maximum Gasteiger partial charge on any atom is 0.231 e. The molecule has 0 saturated carbocycles. The molecule has 1 N–H and O–H groups in total. The number of hydrogen-bond donors (Lipinski definition) is 1. The number of benzene rings is 1. The second-order valence-electron chi connectivity index (χ2n) is 4.04. The highest BCUT2D eigenvalue weighted by Crippen LogP contribution is 2.37. The molecule has 0 bridgehead atoms. The molecular formula is C12H16N2O2. The minimum absolute atomic E-state index is 0.0258. The lowest BCUT2D eigenvalue weighted by molar-refractivity contribution is -0.121. The molecule has 0 aliphatic carbocycles. The SMILES string of the molecule is COc1cccc2c1N(C)C(=O)C(C)CN2. The topological polar surface area (TPSA) is 41.6 Å². The van der Waals surface area contributed by atoms with E-state index in [2.05, 4.69) is 5.32 Å². The minimum Gasteiger partial charge on any atom is -0.494 e. The third kappa shape index (κ3) is 1.60. The Morgan fingerprint density at radius 1 is 1.50 bits per heavy atom. The van der Waals surface area contributed by atoms with Crippen LogP contribution in [0.1, 0.15) is 6.92 Å². The molecule has 1 aliphatic heterocycles. The Labute approximate surface area is 95.2 Å². The van der Waals surface area contributed by atoms with E-state index in [1.165, 1.54) is 0 Å². The molecule has 1 amide bonds. The highest BCUT2D eigenvalue weighted by atomic mass is 16.5. The number of nitrogens with zero attached hydrogens (tertiary/aromatic N) is 1. The van der Waals surface area contributed by atoms with Gasteiger partial charge in [-0.15, -0.1) is 0 Å². The number of rotatable bonds is 1. The van der Waals surface area contributed by atoms with Gasteiger partial charge in [0, 0.05) is 13.6 Å². The van der Waals surface area contributed by atoms with Gasteiger partial charge in [-0.2, -0.15) is 0 Å². The van der Waals surface area contributed by atoms with Crippen LogP contribution in [0.2, 0.25) is 0 Å². The summed E-state index contributed by atoms with van der Waals surface area (Å²) in [6.45, 7) is 2.58.